The molecule has 0 N–H and O–H groups in total. The average Bonchev–Trinajstić information content (AvgIpc) is 3.16. The van der Waals surface area contributed by atoms with E-state index in [4.69, 9.17) is 8.83 Å². The van der Waals surface area contributed by atoms with E-state index in [2.05, 4.69) is 0 Å². The number of allylic oxidation sites excluding steroid dienone is 2. The third kappa shape index (κ3) is 5.82. The molecule has 0 fully saturated rings. The lowest BCUT2D eigenvalue weighted by Crippen LogP contribution is -1.79. The molecule has 0 unspecified atom stereocenters. The first-order valence-corrected chi connectivity index (χ1v) is 6.14. The van der Waals surface area contributed by atoms with Gasteiger partial charge in [0, 0.05) is 0 Å². The first-order chi connectivity index (χ1) is 9.80. The van der Waals surface area contributed by atoms with Crippen LogP contribution in [-0.4, -0.2) is 12.6 Å². The molecule has 0 radical (unpaired) electrons. The van der Waals surface area contributed by atoms with Gasteiger partial charge in [-0.15, -0.1) is 0 Å². The number of carbonyl (C=O) groups excluding carboxylic acids is 2. The Labute approximate surface area is 117 Å². The van der Waals surface area contributed by atoms with Crippen LogP contribution in [0.3, 0.4) is 0 Å². The minimum absolute atomic E-state index is 0.696. The van der Waals surface area contributed by atoms with Crippen molar-refractivity contribution in [2.24, 2.45) is 0 Å². The molecule has 2 heterocycles. The molecule has 0 aliphatic carbocycles. The van der Waals surface area contributed by atoms with Crippen LogP contribution in [0.25, 0.3) is 12.2 Å². The molecule has 4 nitrogen and oxygen atoms in total. The van der Waals surface area contributed by atoms with E-state index in [-0.39, 0.29) is 0 Å². The van der Waals surface area contributed by atoms with Crippen LogP contribution in [-0.2, 0) is 9.59 Å². The average molecular weight is 272 g/mol. The van der Waals surface area contributed by atoms with E-state index in [1.807, 2.05) is 13.0 Å². The van der Waals surface area contributed by atoms with Crippen molar-refractivity contribution in [3.05, 3.63) is 60.0 Å². The van der Waals surface area contributed by atoms with Crippen LogP contribution >= 0.6 is 0 Å². The van der Waals surface area contributed by atoms with Crippen LogP contribution in [0.15, 0.2) is 57.3 Å². The molecule has 0 atom stereocenters. The summed E-state index contributed by atoms with van der Waals surface area (Å²) in [6, 6.07) is 7.16. The Morgan fingerprint density at radius 1 is 1.10 bits per heavy atom. The van der Waals surface area contributed by atoms with Crippen LogP contribution < -0.4 is 0 Å². The Morgan fingerprint density at radius 3 is 2.20 bits per heavy atom. The molecule has 0 saturated heterocycles. The lowest BCUT2D eigenvalue weighted by Gasteiger charge is -1.89. The summed E-state index contributed by atoms with van der Waals surface area (Å²) >= 11 is 0. The van der Waals surface area contributed by atoms with Gasteiger partial charge in [-0.1, -0.05) is 6.92 Å². The van der Waals surface area contributed by atoms with Crippen LogP contribution in [0.5, 0.6) is 0 Å². The van der Waals surface area contributed by atoms with Gasteiger partial charge >= 0.3 is 0 Å². The number of hydrogen-bond acceptors (Lipinski definition) is 4. The van der Waals surface area contributed by atoms with Crippen molar-refractivity contribution < 1.29 is 18.4 Å². The number of aldehydes is 2. The molecule has 0 aliphatic heterocycles. The third-order valence-electron chi connectivity index (χ3n) is 2.31. The maximum Gasteiger partial charge on any atom is 0.146 e. The van der Waals surface area contributed by atoms with Crippen molar-refractivity contribution in [2.75, 3.05) is 0 Å². The van der Waals surface area contributed by atoms with Gasteiger partial charge < -0.3 is 8.83 Å². The minimum atomic E-state index is 0.696. The third-order valence-corrected chi connectivity index (χ3v) is 2.31. The van der Waals surface area contributed by atoms with Crippen LogP contribution in [0.2, 0.25) is 0 Å². The molecule has 20 heavy (non-hydrogen) atoms. The van der Waals surface area contributed by atoms with Crippen molar-refractivity contribution in [2.45, 2.75) is 13.3 Å². The van der Waals surface area contributed by atoms with Gasteiger partial charge in [0.15, 0.2) is 0 Å². The highest BCUT2D eigenvalue weighted by atomic mass is 16.3. The summed E-state index contributed by atoms with van der Waals surface area (Å²) in [6.07, 6.45) is 10.2. The fourth-order valence-corrected chi connectivity index (χ4v) is 1.30. The van der Waals surface area contributed by atoms with Crippen molar-refractivity contribution in [1.82, 2.24) is 0 Å². The van der Waals surface area contributed by atoms with Gasteiger partial charge in [-0.25, -0.2) is 0 Å². The molecule has 0 bridgehead atoms. The van der Waals surface area contributed by atoms with Gasteiger partial charge in [0.25, 0.3) is 0 Å². The minimum Gasteiger partial charge on any atom is -0.465 e. The zero-order valence-corrected chi connectivity index (χ0v) is 11.2. The Balaban J connectivity index is 0.000000204. The van der Waals surface area contributed by atoms with Gasteiger partial charge in [-0.2, -0.15) is 0 Å². The maximum atomic E-state index is 10.4. The molecule has 104 valence electrons. The quantitative estimate of drug-likeness (QED) is 0.614. The Hall–Kier alpha value is -2.62. The van der Waals surface area contributed by atoms with Gasteiger partial charge in [0.2, 0.25) is 0 Å². The molecule has 0 aromatic carbocycles. The molecule has 2 aromatic heterocycles. The van der Waals surface area contributed by atoms with E-state index in [9.17, 15) is 9.59 Å². The summed E-state index contributed by atoms with van der Waals surface area (Å²) in [7, 11) is 0. The van der Waals surface area contributed by atoms with Crippen molar-refractivity contribution in [1.29, 1.82) is 0 Å². The summed E-state index contributed by atoms with van der Waals surface area (Å²) in [5.41, 5.74) is 0.750. The summed E-state index contributed by atoms with van der Waals surface area (Å²) in [4.78, 5) is 20.1. The summed E-state index contributed by atoms with van der Waals surface area (Å²) in [6.45, 7) is 1.93. The monoisotopic (exact) mass is 272 g/mol. The van der Waals surface area contributed by atoms with E-state index < -0.39 is 0 Å². The predicted octanol–water partition coefficient (Wildman–Crippen LogP) is 3.76. The van der Waals surface area contributed by atoms with Crippen LogP contribution in [0, 0.1) is 0 Å². The second kappa shape index (κ2) is 9.33. The van der Waals surface area contributed by atoms with Crippen molar-refractivity contribution >= 4 is 24.7 Å². The lowest BCUT2D eigenvalue weighted by molar-refractivity contribution is -0.105. The standard InChI is InChI=1S/C9H10O2.C7H6O2/c1-2-8(7-10)6-9-4-3-5-11-9;8-5-1-3-7-4-2-6-9-7/h3-7H,2H2,1H3;1-6H/b;3-1+. The molecular formula is C16H16O4. The van der Waals surface area contributed by atoms with Crippen molar-refractivity contribution in [3.63, 3.8) is 0 Å². The van der Waals surface area contributed by atoms with Gasteiger partial charge in [0.05, 0.1) is 12.5 Å². The number of carbonyl (C=O) groups is 2. The zero-order valence-electron chi connectivity index (χ0n) is 11.2. The highest BCUT2D eigenvalue weighted by Crippen LogP contribution is 2.07. The summed E-state index contributed by atoms with van der Waals surface area (Å²) < 4.78 is 9.92. The largest absolute Gasteiger partial charge is 0.465 e. The number of rotatable bonds is 5. The molecule has 0 spiro atoms. The highest BCUT2D eigenvalue weighted by Gasteiger charge is 1.93. The Morgan fingerprint density at radius 2 is 1.75 bits per heavy atom. The molecular weight excluding hydrogens is 256 g/mol. The molecule has 4 heteroatoms. The second-order valence-corrected chi connectivity index (χ2v) is 3.72. The van der Waals surface area contributed by atoms with Crippen LogP contribution in [0.4, 0.5) is 0 Å². The fraction of sp³-hybridized carbons (Fsp3) is 0.125. The number of hydrogen-bond donors (Lipinski definition) is 0. The van der Waals surface area contributed by atoms with E-state index in [1.54, 1.807) is 42.9 Å². The van der Waals surface area contributed by atoms with E-state index in [1.165, 1.54) is 6.08 Å². The van der Waals surface area contributed by atoms with Gasteiger partial charge in [-0.05, 0) is 54.5 Å². The first kappa shape index (κ1) is 15.4. The van der Waals surface area contributed by atoms with E-state index in [0.29, 0.717) is 12.0 Å². The highest BCUT2D eigenvalue weighted by molar-refractivity contribution is 5.80. The molecule has 2 aromatic rings. The SMILES string of the molecule is CCC(C=O)=Cc1ccco1.O=C/C=C/c1ccco1. The van der Waals surface area contributed by atoms with Gasteiger partial charge in [-0.3, -0.25) is 9.59 Å². The predicted molar refractivity (Wildman–Crippen MR) is 76.8 cm³/mol. The zero-order chi connectivity index (χ0) is 14.6. The Kier molecular flexibility index (Phi) is 7.20. The van der Waals surface area contributed by atoms with Crippen molar-refractivity contribution in [3.8, 4) is 0 Å². The molecule has 0 aliphatic rings. The summed E-state index contributed by atoms with van der Waals surface area (Å²) in [5, 5.41) is 0. The number of furan rings is 2. The molecule has 0 amide bonds. The topological polar surface area (TPSA) is 60.4 Å². The maximum absolute atomic E-state index is 10.4. The fourth-order valence-electron chi connectivity index (χ4n) is 1.30. The van der Waals surface area contributed by atoms with Crippen LogP contribution in [0.1, 0.15) is 24.9 Å². The Bertz CT molecular complexity index is 545. The molecule has 0 saturated carbocycles. The van der Waals surface area contributed by atoms with Gasteiger partial charge in [0.1, 0.15) is 24.1 Å². The van der Waals surface area contributed by atoms with E-state index in [0.717, 1.165) is 24.0 Å². The lowest BCUT2D eigenvalue weighted by atomic mass is 10.2. The molecule has 2 rings (SSSR count). The summed E-state index contributed by atoms with van der Waals surface area (Å²) in [5.74, 6) is 1.43. The smallest absolute Gasteiger partial charge is 0.146 e. The normalized spacial score (nSPS) is 10.9. The first-order valence-electron chi connectivity index (χ1n) is 6.14. The van der Waals surface area contributed by atoms with E-state index >= 15 is 0 Å². The second-order valence-electron chi connectivity index (χ2n) is 3.72.